The van der Waals surface area contributed by atoms with Crippen molar-refractivity contribution in [1.82, 2.24) is 10.5 Å². The highest BCUT2D eigenvalue weighted by Gasteiger charge is 2.20. The quantitative estimate of drug-likeness (QED) is 0.856. The molecular formula is C16H19ClN2O3. The number of nitrogens with zero attached hydrogens (tertiary/aromatic N) is 1. The van der Waals surface area contributed by atoms with Crippen LogP contribution >= 0.6 is 11.6 Å². The van der Waals surface area contributed by atoms with Gasteiger partial charge in [0, 0.05) is 29.8 Å². The van der Waals surface area contributed by atoms with Crippen molar-refractivity contribution in [3.63, 3.8) is 0 Å². The fourth-order valence-corrected chi connectivity index (χ4v) is 2.15. The minimum atomic E-state index is -0.303. The van der Waals surface area contributed by atoms with Crippen LogP contribution < -0.4 is 5.32 Å². The van der Waals surface area contributed by atoms with Crippen molar-refractivity contribution in [3.05, 3.63) is 41.0 Å². The highest BCUT2D eigenvalue weighted by molar-refractivity contribution is 6.30. The molecule has 1 aromatic carbocycles. The van der Waals surface area contributed by atoms with Gasteiger partial charge in [0.2, 0.25) is 0 Å². The van der Waals surface area contributed by atoms with Crippen LogP contribution in [0.15, 0.2) is 34.9 Å². The molecule has 0 aliphatic rings. The minimum absolute atomic E-state index is 0.0890. The zero-order valence-electron chi connectivity index (χ0n) is 12.6. The summed E-state index contributed by atoms with van der Waals surface area (Å²) in [6, 6.07) is 8.72. The van der Waals surface area contributed by atoms with Gasteiger partial charge in [0.25, 0.3) is 5.91 Å². The lowest BCUT2D eigenvalue weighted by atomic mass is 9.90. The number of rotatable bonds is 6. The first-order valence-corrected chi connectivity index (χ1v) is 7.41. The predicted octanol–water partition coefficient (Wildman–Crippen LogP) is 3.13. The van der Waals surface area contributed by atoms with Crippen LogP contribution in [-0.4, -0.2) is 29.3 Å². The van der Waals surface area contributed by atoms with Gasteiger partial charge < -0.3 is 14.9 Å². The Bertz CT molecular complexity index is 652. The smallest absolute Gasteiger partial charge is 0.273 e. The number of halogens is 1. The van der Waals surface area contributed by atoms with Crippen molar-refractivity contribution in [2.24, 2.45) is 5.41 Å². The zero-order valence-corrected chi connectivity index (χ0v) is 13.4. The minimum Gasteiger partial charge on any atom is -0.396 e. The lowest BCUT2D eigenvalue weighted by Crippen LogP contribution is -2.34. The number of hydrogen-bond acceptors (Lipinski definition) is 4. The van der Waals surface area contributed by atoms with Crippen LogP contribution in [0.3, 0.4) is 0 Å². The van der Waals surface area contributed by atoms with E-state index in [9.17, 15) is 4.79 Å². The van der Waals surface area contributed by atoms with E-state index in [0.717, 1.165) is 5.56 Å². The molecule has 1 aromatic heterocycles. The first-order valence-electron chi connectivity index (χ1n) is 7.03. The van der Waals surface area contributed by atoms with Crippen molar-refractivity contribution >= 4 is 17.5 Å². The van der Waals surface area contributed by atoms with Crippen LogP contribution in [-0.2, 0) is 0 Å². The molecule has 0 radical (unpaired) electrons. The average Bonchev–Trinajstić information content (AvgIpc) is 2.95. The molecule has 0 unspecified atom stereocenters. The molecule has 1 amide bonds. The number of benzene rings is 1. The number of amides is 1. The molecule has 0 saturated heterocycles. The molecule has 0 atom stereocenters. The maximum Gasteiger partial charge on any atom is 0.273 e. The molecule has 5 nitrogen and oxygen atoms in total. The SMILES string of the molecule is CC(C)(CCO)CNC(=O)c1cc(-c2cccc(Cl)c2)on1. The lowest BCUT2D eigenvalue weighted by molar-refractivity contribution is 0.0919. The summed E-state index contributed by atoms with van der Waals surface area (Å²) in [5.74, 6) is 0.185. The van der Waals surface area contributed by atoms with Crippen LogP contribution in [0.4, 0.5) is 0 Å². The summed E-state index contributed by atoms with van der Waals surface area (Å²) >= 11 is 5.93. The van der Waals surface area contributed by atoms with Crippen molar-refractivity contribution in [3.8, 4) is 11.3 Å². The van der Waals surface area contributed by atoms with Crippen molar-refractivity contribution in [2.45, 2.75) is 20.3 Å². The number of carbonyl (C=O) groups is 1. The molecule has 2 aromatic rings. The van der Waals surface area contributed by atoms with Crippen LogP contribution in [0.5, 0.6) is 0 Å². The Morgan fingerprint density at radius 3 is 2.86 bits per heavy atom. The average molecular weight is 323 g/mol. The molecule has 118 valence electrons. The summed E-state index contributed by atoms with van der Waals surface area (Å²) in [4.78, 5) is 12.1. The van der Waals surface area contributed by atoms with E-state index in [0.29, 0.717) is 23.7 Å². The fraction of sp³-hybridized carbons (Fsp3) is 0.375. The number of nitrogens with one attached hydrogen (secondary N) is 1. The Morgan fingerprint density at radius 2 is 2.18 bits per heavy atom. The largest absolute Gasteiger partial charge is 0.396 e. The Morgan fingerprint density at radius 1 is 1.41 bits per heavy atom. The molecule has 6 heteroatoms. The highest BCUT2D eigenvalue weighted by atomic mass is 35.5. The van der Waals surface area contributed by atoms with Crippen molar-refractivity contribution in [1.29, 1.82) is 0 Å². The Kier molecular flexibility index (Phi) is 5.21. The van der Waals surface area contributed by atoms with Gasteiger partial charge in [-0.3, -0.25) is 4.79 Å². The standard InChI is InChI=1S/C16H19ClN2O3/c1-16(2,6-7-20)10-18-15(21)13-9-14(22-19-13)11-4-3-5-12(17)8-11/h3-5,8-9,20H,6-7,10H2,1-2H3,(H,18,21). The van der Waals surface area contributed by atoms with Crippen molar-refractivity contribution in [2.75, 3.05) is 13.2 Å². The third-order valence-corrected chi connectivity index (χ3v) is 3.60. The summed E-state index contributed by atoms with van der Waals surface area (Å²) in [6.45, 7) is 4.49. The van der Waals surface area contributed by atoms with Gasteiger partial charge in [0.15, 0.2) is 11.5 Å². The summed E-state index contributed by atoms with van der Waals surface area (Å²) in [5.41, 5.74) is 0.804. The van der Waals surface area contributed by atoms with Gasteiger partial charge in [-0.05, 0) is 24.0 Å². The van der Waals surface area contributed by atoms with E-state index in [4.69, 9.17) is 21.2 Å². The topological polar surface area (TPSA) is 75.4 Å². The van der Waals surface area contributed by atoms with E-state index in [1.54, 1.807) is 24.3 Å². The van der Waals surface area contributed by atoms with Gasteiger partial charge in [-0.2, -0.15) is 0 Å². The second-order valence-corrected chi connectivity index (χ2v) is 6.34. The second-order valence-electron chi connectivity index (χ2n) is 5.91. The Balaban J connectivity index is 2.03. The maximum atomic E-state index is 12.1. The number of aliphatic hydroxyl groups excluding tert-OH is 1. The molecule has 22 heavy (non-hydrogen) atoms. The Hall–Kier alpha value is -1.85. The number of carbonyl (C=O) groups excluding carboxylic acids is 1. The molecule has 0 aliphatic heterocycles. The molecule has 1 heterocycles. The van der Waals surface area contributed by atoms with Crippen LogP contribution in [0, 0.1) is 5.41 Å². The Labute approximate surface area is 134 Å². The van der Waals surface area contributed by atoms with Gasteiger partial charge in [0.05, 0.1) is 0 Å². The van der Waals surface area contributed by atoms with Gasteiger partial charge in [-0.15, -0.1) is 0 Å². The summed E-state index contributed by atoms with van der Waals surface area (Å²) < 4.78 is 5.20. The van der Waals surface area contributed by atoms with Crippen LogP contribution in [0.1, 0.15) is 30.8 Å². The van der Waals surface area contributed by atoms with E-state index in [1.807, 2.05) is 19.9 Å². The lowest BCUT2D eigenvalue weighted by Gasteiger charge is -2.23. The molecule has 2 N–H and O–H groups in total. The molecule has 0 bridgehead atoms. The van der Waals surface area contributed by atoms with Crippen LogP contribution in [0.2, 0.25) is 5.02 Å². The van der Waals surface area contributed by atoms with Gasteiger partial charge in [-0.1, -0.05) is 42.7 Å². The molecule has 0 saturated carbocycles. The van der Waals surface area contributed by atoms with Gasteiger partial charge >= 0.3 is 0 Å². The third-order valence-electron chi connectivity index (χ3n) is 3.37. The highest BCUT2D eigenvalue weighted by Crippen LogP contribution is 2.23. The van der Waals surface area contributed by atoms with Crippen molar-refractivity contribution < 1.29 is 14.4 Å². The van der Waals surface area contributed by atoms with Gasteiger partial charge in [-0.25, -0.2) is 0 Å². The molecular weight excluding hydrogens is 304 g/mol. The number of hydrogen-bond donors (Lipinski definition) is 2. The third kappa shape index (κ3) is 4.32. The van der Waals surface area contributed by atoms with Crippen LogP contribution in [0.25, 0.3) is 11.3 Å². The number of aromatic nitrogens is 1. The van der Waals surface area contributed by atoms with E-state index >= 15 is 0 Å². The van der Waals surface area contributed by atoms with Gasteiger partial charge in [0.1, 0.15) is 0 Å². The van der Waals surface area contributed by atoms with E-state index in [-0.39, 0.29) is 23.6 Å². The fourth-order valence-electron chi connectivity index (χ4n) is 1.96. The number of aliphatic hydroxyl groups is 1. The predicted molar refractivity (Wildman–Crippen MR) is 84.8 cm³/mol. The van der Waals surface area contributed by atoms with E-state index < -0.39 is 0 Å². The molecule has 0 spiro atoms. The summed E-state index contributed by atoms with van der Waals surface area (Å²) in [6.07, 6.45) is 0.611. The maximum absolute atomic E-state index is 12.1. The second kappa shape index (κ2) is 6.94. The normalized spacial score (nSPS) is 11.5. The monoisotopic (exact) mass is 322 g/mol. The summed E-state index contributed by atoms with van der Waals surface area (Å²) in [7, 11) is 0. The molecule has 2 rings (SSSR count). The first kappa shape index (κ1) is 16.5. The summed E-state index contributed by atoms with van der Waals surface area (Å²) in [5, 5.41) is 16.2. The van der Waals surface area contributed by atoms with E-state index in [2.05, 4.69) is 10.5 Å². The van der Waals surface area contributed by atoms with E-state index in [1.165, 1.54) is 0 Å². The first-order chi connectivity index (χ1) is 10.4. The zero-order chi connectivity index (χ0) is 16.2. The molecule has 0 fully saturated rings. The molecule has 0 aliphatic carbocycles.